The van der Waals surface area contributed by atoms with Crippen molar-refractivity contribution < 1.29 is 4.74 Å². The molecule has 0 bridgehead atoms. The van der Waals surface area contributed by atoms with Gasteiger partial charge in [0.2, 0.25) is 0 Å². The molecule has 1 aromatic rings. The molecule has 1 heterocycles. The second-order valence-electron chi connectivity index (χ2n) is 3.56. The Morgan fingerprint density at radius 2 is 1.92 bits per heavy atom. The van der Waals surface area contributed by atoms with Crippen molar-refractivity contribution in [2.45, 2.75) is 25.0 Å². The third-order valence-corrected chi connectivity index (χ3v) is 2.56. The molecule has 2 rings (SSSR count). The Morgan fingerprint density at radius 3 is 2.54 bits per heavy atom. The van der Waals surface area contributed by atoms with Crippen LogP contribution < -0.4 is 5.73 Å². The summed E-state index contributed by atoms with van der Waals surface area (Å²) in [6.45, 7) is 0.783. The zero-order valence-electron chi connectivity index (χ0n) is 7.70. The molecule has 0 aromatic heterocycles. The minimum absolute atomic E-state index is 0.528. The van der Waals surface area contributed by atoms with Gasteiger partial charge in [-0.2, -0.15) is 0 Å². The van der Waals surface area contributed by atoms with Crippen LogP contribution in [-0.4, -0.2) is 6.61 Å². The van der Waals surface area contributed by atoms with Crippen molar-refractivity contribution in [3.8, 4) is 0 Å². The Morgan fingerprint density at radius 1 is 1.15 bits per heavy atom. The number of nitrogens with two attached hydrogens (primary N) is 1. The second kappa shape index (κ2) is 3.48. The molecule has 0 saturated carbocycles. The highest BCUT2D eigenvalue weighted by Gasteiger charge is 2.29. The zero-order valence-corrected chi connectivity index (χ0v) is 7.70. The van der Waals surface area contributed by atoms with Crippen molar-refractivity contribution in [1.29, 1.82) is 0 Å². The van der Waals surface area contributed by atoms with Gasteiger partial charge in [0.05, 0.1) is 0 Å². The first-order valence-corrected chi connectivity index (χ1v) is 4.80. The third kappa shape index (κ3) is 1.74. The lowest BCUT2D eigenvalue weighted by atomic mass is 9.95. The van der Waals surface area contributed by atoms with Crippen molar-refractivity contribution in [1.82, 2.24) is 0 Å². The fraction of sp³-hybridized carbons (Fsp3) is 0.455. The molecular weight excluding hydrogens is 162 g/mol. The molecule has 70 valence electrons. The molecule has 2 N–H and O–H groups in total. The van der Waals surface area contributed by atoms with Gasteiger partial charge in [0.1, 0.15) is 5.72 Å². The lowest BCUT2D eigenvalue weighted by Gasteiger charge is -2.33. The Labute approximate surface area is 78.7 Å². The van der Waals surface area contributed by atoms with Gasteiger partial charge >= 0.3 is 0 Å². The monoisotopic (exact) mass is 177 g/mol. The molecule has 2 nitrogen and oxygen atoms in total. The van der Waals surface area contributed by atoms with Crippen LogP contribution in [0.4, 0.5) is 0 Å². The molecule has 2 heteroatoms. The molecule has 1 fully saturated rings. The third-order valence-electron chi connectivity index (χ3n) is 2.56. The van der Waals surface area contributed by atoms with Crippen molar-refractivity contribution in [2.24, 2.45) is 5.73 Å². The minimum atomic E-state index is -0.528. The lowest BCUT2D eigenvalue weighted by Crippen LogP contribution is -2.42. The first-order valence-electron chi connectivity index (χ1n) is 4.80. The topological polar surface area (TPSA) is 35.2 Å². The predicted molar refractivity (Wildman–Crippen MR) is 52.1 cm³/mol. The van der Waals surface area contributed by atoms with E-state index in [4.69, 9.17) is 10.5 Å². The Kier molecular flexibility index (Phi) is 2.34. The van der Waals surface area contributed by atoms with Crippen LogP contribution in [0.15, 0.2) is 30.3 Å². The fourth-order valence-electron chi connectivity index (χ4n) is 1.76. The molecule has 1 aromatic carbocycles. The summed E-state index contributed by atoms with van der Waals surface area (Å²) < 4.78 is 5.63. The van der Waals surface area contributed by atoms with Crippen molar-refractivity contribution in [3.63, 3.8) is 0 Å². The van der Waals surface area contributed by atoms with E-state index >= 15 is 0 Å². The highest BCUT2D eigenvalue weighted by Crippen LogP contribution is 2.29. The van der Waals surface area contributed by atoms with E-state index in [2.05, 4.69) is 0 Å². The quantitative estimate of drug-likeness (QED) is 0.712. The van der Waals surface area contributed by atoms with Gasteiger partial charge in [0.25, 0.3) is 0 Å². The molecule has 0 radical (unpaired) electrons. The molecule has 1 atom stereocenters. The summed E-state index contributed by atoms with van der Waals surface area (Å²) in [6.07, 6.45) is 3.22. The van der Waals surface area contributed by atoms with Crippen molar-refractivity contribution in [2.75, 3.05) is 6.61 Å². The Balaban J connectivity index is 2.23. The van der Waals surface area contributed by atoms with E-state index in [0.29, 0.717) is 0 Å². The summed E-state index contributed by atoms with van der Waals surface area (Å²) >= 11 is 0. The predicted octanol–water partition coefficient (Wildman–Crippen LogP) is 2.00. The Bertz CT molecular complexity index is 265. The van der Waals surface area contributed by atoms with Gasteiger partial charge in [-0.3, -0.25) is 5.73 Å². The van der Waals surface area contributed by atoms with E-state index in [1.165, 1.54) is 0 Å². The van der Waals surface area contributed by atoms with Crippen molar-refractivity contribution >= 4 is 0 Å². The van der Waals surface area contributed by atoms with Gasteiger partial charge in [0.15, 0.2) is 0 Å². The largest absolute Gasteiger partial charge is 0.357 e. The lowest BCUT2D eigenvalue weighted by molar-refractivity contribution is -0.0796. The number of rotatable bonds is 1. The van der Waals surface area contributed by atoms with Crippen LogP contribution in [-0.2, 0) is 10.5 Å². The maximum absolute atomic E-state index is 6.16. The van der Waals surface area contributed by atoms with E-state index in [1.54, 1.807) is 0 Å². The maximum atomic E-state index is 6.16. The van der Waals surface area contributed by atoms with Crippen LogP contribution in [0.25, 0.3) is 0 Å². The normalized spacial score (nSPS) is 28.7. The molecule has 13 heavy (non-hydrogen) atoms. The van der Waals surface area contributed by atoms with E-state index in [0.717, 1.165) is 31.4 Å². The van der Waals surface area contributed by atoms with E-state index in [9.17, 15) is 0 Å². The average molecular weight is 177 g/mol. The molecule has 1 aliphatic heterocycles. The maximum Gasteiger partial charge on any atom is 0.142 e. The van der Waals surface area contributed by atoms with Crippen LogP contribution in [0.1, 0.15) is 24.8 Å². The minimum Gasteiger partial charge on any atom is -0.357 e. The molecular formula is C11H15NO. The Hall–Kier alpha value is -0.860. The zero-order chi connectivity index (χ0) is 9.15. The molecule has 0 amide bonds. The summed E-state index contributed by atoms with van der Waals surface area (Å²) in [5.41, 5.74) is 6.72. The number of hydrogen-bond acceptors (Lipinski definition) is 2. The smallest absolute Gasteiger partial charge is 0.142 e. The highest BCUT2D eigenvalue weighted by molar-refractivity contribution is 5.21. The summed E-state index contributed by atoms with van der Waals surface area (Å²) in [4.78, 5) is 0. The number of benzene rings is 1. The number of ether oxygens (including phenoxy) is 1. The van der Waals surface area contributed by atoms with Crippen LogP contribution in [0.2, 0.25) is 0 Å². The number of hydrogen-bond donors (Lipinski definition) is 1. The van der Waals surface area contributed by atoms with Crippen molar-refractivity contribution in [3.05, 3.63) is 35.9 Å². The highest BCUT2D eigenvalue weighted by atomic mass is 16.5. The standard InChI is InChI=1S/C11H15NO/c12-11(8-4-5-9-13-11)10-6-2-1-3-7-10/h1-3,6-7H,4-5,8-9,12H2. The molecule has 1 aliphatic rings. The fourth-order valence-corrected chi connectivity index (χ4v) is 1.76. The van der Waals surface area contributed by atoms with Crippen LogP contribution in [0.3, 0.4) is 0 Å². The first kappa shape index (κ1) is 8.73. The molecule has 0 aliphatic carbocycles. The molecule has 0 spiro atoms. The van der Waals surface area contributed by atoms with Crippen LogP contribution in [0, 0.1) is 0 Å². The van der Waals surface area contributed by atoms with Gasteiger partial charge < -0.3 is 4.74 Å². The summed E-state index contributed by atoms with van der Waals surface area (Å²) in [5, 5.41) is 0. The molecule has 1 saturated heterocycles. The van der Waals surface area contributed by atoms with Gasteiger partial charge in [0, 0.05) is 6.61 Å². The van der Waals surface area contributed by atoms with Crippen LogP contribution >= 0.6 is 0 Å². The first-order chi connectivity index (χ1) is 6.31. The van der Waals surface area contributed by atoms with Gasteiger partial charge in [-0.1, -0.05) is 30.3 Å². The summed E-state index contributed by atoms with van der Waals surface area (Å²) in [7, 11) is 0. The van der Waals surface area contributed by atoms with E-state index in [1.807, 2.05) is 30.3 Å². The SMILES string of the molecule is NC1(c2ccccc2)CCCCO1. The second-order valence-corrected chi connectivity index (χ2v) is 3.56. The van der Waals surface area contributed by atoms with Gasteiger partial charge in [-0.05, 0) is 24.8 Å². The van der Waals surface area contributed by atoms with Gasteiger partial charge in [-0.15, -0.1) is 0 Å². The van der Waals surface area contributed by atoms with E-state index in [-0.39, 0.29) is 0 Å². The van der Waals surface area contributed by atoms with Crippen LogP contribution in [0.5, 0.6) is 0 Å². The molecule has 1 unspecified atom stereocenters. The summed E-state index contributed by atoms with van der Waals surface area (Å²) in [5.74, 6) is 0. The average Bonchev–Trinajstić information content (AvgIpc) is 2.20. The summed E-state index contributed by atoms with van der Waals surface area (Å²) in [6, 6.07) is 10.1. The van der Waals surface area contributed by atoms with E-state index < -0.39 is 5.72 Å². The van der Waals surface area contributed by atoms with Gasteiger partial charge in [-0.25, -0.2) is 0 Å².